The van der Waals surface area contributed by atoms with Gasteiger partial charge in [-0.1, -0.05) is 39.5 Å². The van der Waals surface area contributed by atoms with Crippen molar-refractivity contribution in [2.24, 2.45) is 5.92 Å². The van der Waals surface area contributed by atoms with Crippen LogP contribution >= 0.6 is 0 Å². The summed E-state index contributed by atoms with van der Waals surface area (Å²) in [6, 6.07) is 0.489. The van der Waals surface area contributed by atoms with E-state index in [4.69, 9.17) is 4.74 Å². The highest BCUT2D eigenvalue weighted by atomic mass is 16.5. The largest absolute Gasteiger partial charge is 0.389 e. The van der Waals surface area contributed by atoms with Gasteiger partial charge in [0.05, 0.1) is 18.8 Å². The van der Waals surface area contributed by atoms with E-state index in [1.807, 2.05) is 0 Å². The average molecular weight is 271 g/mol. The molecule has 1 aliphatic rings. The van der Waals surface area contributed by atoms with Gasteiger partial charge >= 0.3 is 0 Å². The first-order valence-electron chi connectivity index (χ1n) is 8.16. The normalized spacial score (nSPS) is 27.2. The van der Waals surface area contributed by atoms with Gasteiger partial charge in [0.15, 0.2) is 0 Å². The zero-order chi connectivity index (χ0) is 14.1. The maximum atomic E-state index is 9.95. The van der Waals surface area contributed by atoms with Crippen molar-refractivity contribution in [3.63, 3.8) is 0 Å². The van der Waals surface area contributed by atoms with Crippen LogP contribution in [0.1, 0.15) is 65.7 Å². The second kappa shape index (κ2) is 9.73. The SMILES string of the molecule is CCCCC(C)NCC(O)COC1CCCCC1C. The summed E-state index contributed by atoms with van der Waals surface area (Å²) in [7, 11) is 0. The first-order valence-corrected chi connectivity index (χ1v) is 8.16. The maximum Gasteiger partial charge on any atom is 0.0897 e. The molecule has 0 aromatic rings. The fourth-order valence-electron chi connectivity index (χ4n) is 2.77. The van der Waals surface area contributed by atoms with Gasteiger partial charge in [-0.3, -0.25) is 0 Å². The third-order valence-electron chi connectivity index (χ3n) is 4.23. The Labute approximate surface area is 119 Å². The zero-order valence-electron chi connectivity index (χ0n) is 13.0. The first-order chi connectivity index (χ1) is 9.13. The molecule has 1 fully saturated rings. The molecule has 0 spiro atoms. The highest BCUT2D eigenvalue weighted by Gasteiger charge is 2.22. The van der Waals surface area contributed by atoms with Crippen LogP contribution in [-0.2, 0) is 4.74 Å². The van der Waals surface area contributed by atoms with Gasteiger partial charge in [-0.25, -0.2) is 0 Å². The standard InChI is InChI=1S/C16H33NO2/c1-4-5-9-14(3)17-11-15(18)12-19-16-10-7-6-8-13(16)2/h13-18H,4-12H2,1-3H3. The lowest BCUT2D eigenvalue weighted by atomic mass is 9.88. The van der Waals surface area contributed by atoms with Crippen molar-refractivity contribution >= 4 is 0 Å². The van der Waals surface area contributed by atoms with Crippen LogP contribution in [0, 0.1) is 5.92 Å². The number of aliphatic hydroxyl groups is 1. The number of hydrogen-bond donors (Lipinski definition) is 2. The number of unbranched alkanes of at least 4 members (excludes halogenated alkanes) is 1. The van der Waals surface area contributed by atoms with Gasteiger partial charge in [0, 0.05) is 12.6 Å². The van der Waals surface area contributed by atoms with Gasteiger partial charge in [-0.2, -0.15) is 0 Å². The summed E-state index contributed by atoms with van der Waals surface area (Å²) in [5.74, 6) is 0.650. The number of hydrogen-bond acceptors (Lipinski definition) is 3. The van der Waals surface area contributed by atoms with Gasteiger partial charge in [-0.05, 0) is 32.1 Å². The predicted octanol–water partition coefficient (Wildman–Crippen LogP) is 3.11. The number of nitrogens with one attached hydrogen (secondary N) is 1. The Hall–Kier alpha value is -0.120. The molecule has 0 heterocycles. The summed E-state index contributed by atoms with van der Waals surface area (Å²) in [6.07, 6.45) is 8.69. The molecule has 3 heteroatoms. The molecule has 0 aromatic heterocycles. The van der Waals surface area contributed by atoms with Crippen LogP contribution in [0.4, 0.5) is 0 Å². The topological polar surface area (TPSA) is 41.5 Å². The first kappa shape index (κ1) is 16.9. The van der Waals surface area contributed by atoms with E-state index in [0.717, 1.165) is 6.42 Å². The molecule has 114 valence electrons. The summed E-state index contributed by atoms with van der Waals surface area (Å²) in [4.78, 5) is 0. The Morgan fingerprint density at radius 3 is 2.74 bits per heavy atom. The van der Waals surface area contributed by atoms with Crippen molar-refractivity contribution in [2.75, 3.05) is 13.2 Å². The minimum atomic E-state index is -0.377. The van der Waals surface area contributed by atoms with Crippen LogP contribution in [0.2, 0.25) is 0 Å². The van der Waals surface area contributed by atoms with E-state index in [1.54, 1.807) is 0 Å². The van der Waals surface area contributed by atoms with Crippen LogP contribution in [0.5, 0.6) is 0 Å². The highest BCUT2D eigenvalue weighted by molar-refractivity contribution is 4.73. The maximum absolute atomic E-state index is 9.95. The molecule has 0 bridgehead atoms. The minimum absolute atomic E-state index is 0.362. The third kappa shape index (κ3) is 7.28. The molecule has 0 amide bonds. The molecule has 0 radical (unpaired) electrons. The van der Waals surface area contributed by atoms with E-state index in [0.29, 0.717) is 31.2 Å². The average Bonchev–Trinajstić information content (AvgIpc) is 2.42. The molecule has 3 nitrogen and oxygen atoms in total. The second-order valence-corrected chi connectivity index (χ2v) is 6.24. The molecule has 0 aromatic carbocycles. The number of rotatable bonds is 9. The minimum Gasteiger partial charge on any atom is -0.389 e. The highest BCUT2D eigenvalue weighted by Crippen LogP contribution is 2.26. The van der Waals surface area contributed by atoms with Crippen LogP contribution in [-0.4, -0.2) is 36.5 Å². The van der Waals surface area contributed by atoms with Crippen molar-refractivity contribution in [3.8, 4) is 0 Å². The summed E-state index contributed by atoms with van der Waals surface area (Å²) in [5, 5.41) is 13.3. The van der Waals surface area contributed by atoms with Gasteiger partial charge in [0.1, 0.15) is 0 Å². The summed E-state index contributed by atoms with van der Waals surface area (Å²) in [6.45, 7) is 7.78. The fraction of sp³-hybridized carbons (Fsp3) is 1.00. The molecular weight excluding hydrogens is 238 g/mol. The second-order valence-electron chi connectivity index (χ2n) is 6.24. The lowest BCUT2D eigenvalue weighted by Crippen LogP contribution is -2.37. The number of ether oxygens (including phenoxy) is 1. The van der Waals surface area contributed by atoms with E-state index in [2.05, 4.69) is 26.1 Å². The molecule has 4 atom stereocenters. The van der Waals surface area contributed by atoms with Crippen molar-refractivity contribution < 1.29 is 9.84 Å². The molecule has 1 rings (SSSR count). The van der Waals surface area contributed by atoms with Crippen molar-refractivity contribution in [2.45, 2.75) is 84.0 Å². The van der Waals surface area contributed by atoms with E-state index >= 15 is 0 Å². The van der Waals surface area contributed by atoms with Crippen LogP contribution < -0.4 is 5.32 Å². The molecule has 1 saturated carbocycles. The van der Waals surface area contributed by atoms with Crippen LogP contribution in [0.15, 0.2) is 0 Å². The predicted molar refractivity (Wildman–Crippen MR) is 80.4 cm³/mol. The van der Waals surface area contributed by atoms with E-state index in [9.17, 15) is 5.11 Å². The third-order valence-corrected chi connectivity index (χ3v) is 4.23. The van der Waals surface area contributed by atoms with Crippen molar-refractivity contribution in [1.82, 2.24) is 5.32 Å². The molecule has 0 saturated heterocycles. The molecule has 1 aliphatic carbocycles. The fourth-order valence-corrected chi connectivity index (χ4v) is 2.77. The summed E-state index contributed by atoms with van der Waals surface area (Å²) in [5.41, 5.74) is 0. The number of aliphatic hydroxyl groups excluding tert-OH is 1. The Morgan fingerprint density at radius 2 is 2.05 bits per heavy atom. The summed E-state index contributed by atoms with van der Waals surface area (Å²) < 4.78 is 5.88. The smallest absolute Gasteiger partial charge is 0.0897 e. The van der Waals surface area contributed by atoms with Crippen LogP contribution in [0.3, 0.4) is 0 Å². The van der Waals surface area contributed by atoms with Gasteiger partial charge in [0.2, 0.25) is 0 Å². The molecule has 0 aliphatic heterocycles. The van der Waals surface area contributed by atoms with E-state index in [-0.39, 0.29) is 6.10 Å². The van der Waals surface area contributed by atoms with Gasteiger partial charge in [-0.15, -0.1) is 0 Å². The van der Waals surface area contributed by atoms with Crippen LogP contribution in [0.25, 0.3) is 0 Å². The van der Waals surface area contributed by atoms with Gasteiger partial charge < -0.3 is 15.2 Å². The lowest BCUT2D eigenvalue weighted by Gasteiger charge is -2.29. The Balaban J connectivity index is 2.08. The molecule has 19 heavy (non-hydrogen) atoms. The van der Waals surface area contributed by atoms with Crippen molar-refractivity contribution in [1.29, 1.82) is 0 Å². The van der Waals surface area contributed by atoms with E-state index in [1.165, 1.54) is 38.5 Å². The lowest BCUT2D eigenvalue weighted by molar-refractivity contribution is -0.0455. The van der Waals surface area contributed by atoms with Gasteiger partial charge in [0.25, 0.3) is 0 Å². The molecular formula is C16H33NO2. The monoisotopic (exact) mass is 271 g/mol. The molecule has 4 unspecified atom stereocenters. The Morgan fingerprint density at radius 1 is 1.32 bits per heavy atom. The zero-order valence-corrected chi connectivity index (χ0v) is 13.0. The van der Waals surface area contributed by atoms with Crippen molar-refractivity contribution in [3.05, 3.63) is 0 Å². The molecule has 2 N–H and O–H groups in total. The Bertz CT molecular complexity index is 223. The Kier molecular flexibility index (Phi) is 8.67. The quantitative estimate of drug-likeness (QED) is 0.677. The summed E-state index contributed by atoms with van der Waals surface area (Å²) >= 11 is 0. The van der Waals surface area contributed by atoms with E-state index < -0.39 is 0 Å².